The molecule has 0 radical (unpaired) electrons. The molecule has 0 aliphatic rings. The van der Waals surface area contributed by atoms with Crippen LogP contribution in [0.2, 0.25) is 0 Å². The van der Waals surface area contributed by atoms with Gasteiger partial charge in [-0.25, -0.2) is 4.39 Å². The van der Waals surface area contributed by atoms with Crippen LogP contribution >= 0.6 is 11.8 Å². The van der Waals surface area contributed by atoms with Gasteiger partial charge in [0.1, 0.15) is 11.6 Å². The van der Waals surface area contributed by atoms with Crippen LogP contribution in [0.4, 0.5) is 15.8 Å². The van der Waals surface area contributed by atoms with Gasteiger partial charge in [-0.2, -0.15) is 0 Å². The first-order valence-electron chi connectivity index (χ1n) is 9.00. The number of aromatic nitrogens is 3. The van der Waals surface area contributed by atoms with Gasteiger partial charge in [-0.05, 0) is 43.3 Å². The van der Waals surface area contributed by atoms with Crippen LogP contribution < -0.4 is 10.6 Å². The first kappa shape index (κ1) is 20.5. The quantitative estimate of drug-likeness (QED) is 0.553. The first-order chi connectivity index (χ1) is 14.0. The molecular formula is C20H20FN5O2S. The van der Waals surface area contributed by atoms with E-state index >= 15 is 0 Å². The average molecular weight is 413 g/mol. The predicted molar refractivity (Wildman–Crippen MR) is 110 cm³/mol. The monoisotopic (exact) mass is 413 g/mol. The molecule has 0 saturated heterocycles. The maximum absolute atomic E-state index is 12.9. The Labute approximate surface area is 171 Å². The predicted octanol–water partition coefficient (Wildman–Crippen LogP) is 3.35. The highest BCUT2D eigenvalue weighted by molar-refractivity contribution is 7.99. The fourth-order valence-electron chi connectivity index (χ4n) is 2.60. The molecule has 1 aromatic heterocycles. The average Bonchev–Trinajstić information content (AvgIpc) is 3.10. The van der Waals surface area contributed by atoms with E-state index in [0.717, 1.165) is 0 Å². The SMILES string of the molecule is CCn1c(CC(=O)Nc2ccccc2)nnc1SCC(=O)Nc1ccc(F)cc1. The molecule has 0 bridgehead atoms. The summed E-state index contributed by atoms with van der Waals surface area (Å²) in [5, 5.41) is 14.3. The van der Waals surface area contributed by atoms with Gasteiger partial charge in [-0.1, -0.05) is 30.0 Å². The molecule has 3 aromatic rings. The van der Waals surface area contributed by atoms with E-state index in [1.807, 2.05) is 37.3 Å². The Kier molecular flexibility index (Phi) is 6.96. The van der Waals surface area contributed by atoms with Crippen LogP contribution in [0.3, 0.4) is 0 Å². The molecule has 1 heterocycles. The summed E-state index contributed by atoms with van der Waals surface area (Å²) >= 11 is 1.23. The molecule has 0 aliphatic carbocycles. The number of halogens is 1. The second-order valence-corrected chi connectivity index (χ2v) is 7.02. The van der Waals surface area contributed by atoms with Crippen molar-refractivity contribution in [3.63, 3.8) is 0 Å². The highest BCUT2D eigenvalue weighted by Crippen LogP contribution is 2.18. The summed E-state index contributed by atoms with van der Waals surface area (Å²) < 4.78 is 14.7. The van der Waals surface area contributed by atoms with Crippen LogP contribution in [0.1, 0.15) is 12.7 Å². The molecule has 150 valence electrons. The van der Waals surface area contributed by atoms with Gasteiger partial charge in [0.2, 0.25) is 11.8 Å². The molecule has 0 spiro atoms. The highest BCUT2D eigenvalue weighted by Gasteiger charge is 2.16. The van der Waals surface area contributed by atoms with Gasteiger partial charge in [0.25, 0.3) is 0 Å². The van der Waals surface area contributed by atoms with E-state index in [9.17, 15) is 14.0 Å². The number of carbonyl (C=O) groups excluding carboxylic acids is 2. The molecule has 3 rings (SSSR count). The normalized spacial score (nSPS) is 10.6. The Bertz CT molecular complexity index is 976. The largest absolute Gasteiger partial charge is 0.326 e. The summed E-state index contributed by atoms with van der Waals surface area (Å²) in [5.74, 6) is -0.148. The van der Waals surface area contributed by atoms with Gasteiger partial charge in [0.05, 0.1) is 12.2 Å². The highest BCUT2D eigenvalue weighted by atomic mass is 32.2. The number of nitrogens with one attached hydrogen (secondary N) is 2. The Morgan fingerprint density at radius 1 is 0.966 bits per heavy atom. The third kappa shape index (κ3) is 5.89. The second-order valence-electron chi connectivity index (χ2n) is 6.08. The summed E-state index contributed by atoms with van der Waals surface area (Å²) in [7, 11) is 0. The Hall–Kier alpha value is -3.20. The van der Waals surface area contributed by atoms with Gasteiger partial charge < -0.3 is 15.2 Å². The molecule has 0 saturated carbocycles. The molecule has 9 heteroatoms. The smallest absolute Gasteiger partial charge is 0.234 e. The lowest BCUT2D eigenvalue weighted by Crippen LogP contribution is -2.18. The molecule has 29 heavy (non-hydrogen) atoms. The number of thioether (sulfide) groups is 1. The van der Waals surface area contributed by atoms with Crippen molar-refractivity contribution in [2.45, 2.75) is 25.0 Å². The van der Waals surface area contributed by atoms with Crippen molar-refractivity contribution in [3.05, 3.63) is 66.2 Å². The minimum Gasteiger partial charge on any atom is -0.326 e. The van der Waals surface area contributed by atoms with E-state index in [1.54, 1.807) is 4.57 Å². The summed E-state index contributed by atoms with van der Waals surface area (Å²) in [6, 6.07) is 14.7. The molecule has 0 atom stereocenters. The van der Waals surface area contributed by atoms with Crippen molar-refractivity contribution in [2.24, 2.45) is 0 Å². The van der Waals surface area contributed by atoms with Crippen molar-refractivity contribution in [3.8, 4) is 0 Å². The molecule has 7 nitrogen and oxygen atoms in total. The van der Waals surface area contributed by atoms with E-state index in [4.69, 9.17) is 0 Å². The third-order valence-electron chi connectivity index (χ3n) is 3.95. The summed E-state index contributed by atoms with van der Waals surface area (Å²) in [6.07, 6.45) is 0.0814. The van der Waals surface area contributed by atoms with E-state index in [-0.39, 0.29) is 29.8 Å². The molecule has 2 aromatic carbocycles. The number of nitrogens with zero attached hydrogens (tertiary/aromatic N) is 3. The Morgan fingerprint density at radius 2 is 1.62 bits per heavy atom. The van der Waals surface area contributed by atoms with Crippen molar-refractivity contribution < 1.29 is 14.0 Å². The topological polar surface area (TPSA) is 88.9 Å². The lowest BCUT2D eigenvalue weighted by molar-refractivity contribution is -0.116. The summed E-state index contributed by atoms with van der Waals surface area (Å²) in [4.78, 5) is 24.4. The van der Waals surface area contributed by atoms with Crippen LogP contribution in [0.5, 0.6) is 0 Å². The van der Waals surface area contributed by atoms with E-state index < -0.39 is 0 Å². The summed E-state index contributed by atoms with van der Waals surface area (Å²) in [6.45, 7) is 2.49. The Morgan fingerprint density at radius 3 is 2.31 bits per heavy atom. The maximum atomic E-state index is 12.9. The van der Waals surface area contributed by atoms with E-state index in [0.29, 0.717) is 28.9 Å². The number of hydrogen-bond acceptors (Lipinski definition) is 5. The van der Waals surface area contributed by atoms with Gasteiger partial charge in [0, 0.05) is 17.9 Å². The van der Waals surface area contributed by atoms with Crippen molar-refractivity contribution in [1.82, 2.24) is 14.8 Å². The maximum Gasteiger partial charge on any atom is 0.234 e. The first-order valence-corrected chi connectivity index (χ1v) is 9.99. The van der Waals surface area contributed by atoms with Gasteiger partial charge in [0.15, 0.2) is 5.16 Å². The molecular weight excluding hydrogens is 393 g/mol. The Balaban J connectivity index is 1.56. The van der Waals surface area contributed by atoms with Crippen LogP contribution in [0.25, 0.3) is 0 Å². The van der Waals surface area contributed by atoms with Crippen LogP contribution in [0.15, 0.2) is 59.8 Å². The molecule has 0 aliphatic heterocycles. The number of amides is 2. The number of anilines is 2. The zero-order valence-corrected chi connectivity index (χ0v) is 16.6. The third-order valence-corrected chi connectivity index (χ3v) is 4.91. The zero-order chi connectivity index (χ0) is 20.6. The fourth-order valence-corrected chi connectivity index (χ4v) is 3.43. The zero-order valence-electron chi connectivity index (χ0n) is 15.8. The number of carbonyl (C=O) groups is 2. The van der Waals surface area contributed by atoms with Crippen LogP contribution in [0, 0.1) is 5.82 Å². The minimum absolute atomic E-state index is 0.0814. The van der Waals surface area contributed by atoms with Gasteiger partial charge in [-0.3, -0.25) is 9.59 Å². The molecule has 0 unspecified atom stereocenters. The lowest BCUT2D eigenvalue weighted by atomic mass is 10.3. The van der Waals surface area contributed by atoms with Crippen molar-refractivity contribution in [2.75, 3.05) is 16.4 Å². The number of hydrogen-bond donors (Lipinski definition) is 2. The van der Waals surface area contributed by atoms with Gasteiger partial charge >= 0.3 is 0 Å². The molecule has 2 N–H and O–H groups in total. The number of rotatable bonds is 8. The van der Waals surface area contributed by atoms with Crippen LogP contribution in [-0.4, -0.2) is 32.3 Å². The molecule has 2 amide bonds. The standard InChI is InChI=1S/C20H20FN5O2S/c1-2-26-17(12-18(27)22-15-6-4-3-5-7-15)24-25-20(26)29-13-19(28)23-16-10-8-14(21)9-11-16/h3-11H,2,12-13H2,1H3,(H,22,27)(H,23,28). The molecule has 0 fully saturated rings. The van der Waals surface area contributed by atoms with E-state index in [2.05, 4.69) is 20.8 Å². The van der Waals surface area contributed by atoms with Gasteiger partial charge in [-0.15, -0.1) is 10.2 Å². The van der Waals surface area contributed by atoms with Crippen LogP contribution in [-0.2, 0) is 22.6 Å². The minimum atomic E-state index is -0.364. The second kappa shape index (κ2) is 9.83. The van der Waals surface area contributed by atoms with E-state index in [1.165, 1.54) is 36.0 Å². The lowest BCUT2D eigenvalue weighted by Gasteiger charge is -2.08. The fraction of sp³-hybridized carbons (Fsp3) is 0.200. The number of para-hydroxylation sites is 1. The van der Waals surface area contributed by atoms with Crippen molar-refractivity contribution >= 4 is 35.0 Å². The summed E-state index contributed by atoms with van der Waals surface area (Å²) in [5.41, 5.74) is 1.24. The number of benzene rings is 2. The van der Waals surface area contributed by atoms with Crippen molar-refractivity contribution in [1.29, 1.82) is 0 Å².